The Kier molecular flexibility index (Phi) is 8.08. The fraction of sp³-hybridized carbons (Fsp3) is 0.542. The van der Waals surface area contributed by atoms with Crippen molar-refractivity contribution in [1.29, 1.82) is 0 Å². The summed E-state index contributed by atoms with van der Waals surface area (Å²) < 4.78 is 40.5. The second-order valence-corrected chi connectivity index (χ2v) is 10.8. The monoisotopic (exact) mass is 518 g/mol. The van der Waals surface area contributed by atoms with Gasteiger partial charge in [0.2, 0.25) is 10.0 Å². The number of aryl methyl sites for hydroxylation is 2. The van der Waals surface area contributed by atoms with E-state index in [0.717, 1.165) is 25.1 Å². The van der Waals surface area contributed by atoms with Gasteiger partial charge in [0.05, 0.1) is 22.8 Å². The predicted octanol–water partition coefficient (Wildman–Crippen LogP) is 1.67. The van der Waals surface area contributed by atoms with Crippen molar-refractivity contribution in [2.24, 2.45) is 7.05 Å². The molecular weight excluding hydrogens is 484 g/mol. The summed E-state index contributed by atoms with van der Waals surface area (Å²) in [6.07, 6.45) is 2.40. The summed E-state index contributed by atoms with van der Waals surface area (Å²) in [5.74, 6) is 0.695. The Balaban J connectivity index is 1.66. The molecule has 4 rings (SSSR count). The largest absolute Gasteiger partial charge is 0.493 e. The minimum Gasteiger partial charge on any atom is -0.493 e. The number of aromatic amines is 1. The molecule has 1 aliphatic heterocycles. The first-order valence-corrected chi connectivity index (χ1v) is 13.7. The van der Waals surface area contributed by atoms with E-state index in [9.17, 15) is 13.2 Å². The van der Waals surface area contributed by atoms with Gasteiger partial charge >= 0.3 is 0 Å². The zero-order chi connectivity index (χ0) is 25.9. The number of hydrogen-bond acceptors (Lipinski definition) is 8. The van der Waals surface area contributed by atoms with Crippen molar-refractivity contribution in [2.75, 3.05) is 40.0 Å². The lowest BCUT2D eigenvalue weighted by molar-refractivity contribution is 0.183. The van der Waals surface area contributed by atoms with Gasteiger partial charge in [0, 0.05) is 39.9 Å². The Hall–Kier alpha value is -2.80. The Morgan fingerprint density at radius 2 is 2.03 bits per heavy atom. The first-order valence-electron chi connectivity index (χ1n) is 12.3. The predicted molar refractivity (Wildman–Crippen MR) is 137 cm³/mol. The summed E-state index contributed by atoms with van der Waals surface area (Å²) >= 11 is 0. The van der Waals surface area contributed by atoms with Crippen molar-refractivity contribution in [1.82, 2.24) is 29.4 Å². The molecule has 0 saturated carbocycles. The molecule has 0 unspecified atom stereocenters. The number of H-pyrrole nitrogens is 1. The molecule has 0 spiro atoms. The van der Waals surface area contributed by atoms with Crippen LogP contribution in [0.2, 0.25) is 0 Å². The molecule has 0 aliphatic carbocycles. The van der Waals surface area contributed by atoms with E-state index < -0.39 is 10.0 Å². The van der Waals surface area contributed by atoms with Crippen molar-refractivity contribution in [3.05, 3.63) is 34.2 Å². The number of methoxy groups -OCH3 is 1. The smallest absolute Gasteiger partial charge is 0.277 e. The SMILES string of the molecule is CCCc1nn(C)c2c(=O)[nH]c(-c3cc(S(=O)(=O)N4CC(NCCCOC)C4)ccc3OCC)nc12. The third kappa shape index (κ3) is 5.17. The molecule has 1 saturated heterocycles. The van der Waals surface area contributed by atoms with E-state index in [2.05, 4.69) is 15.4 Å². The number of hydrogen-bond donors (Lipinski definition) is 2. The summed E-state index contributed by atoms with van der Waals surface area (Å²) in [4.78, 5) is 20.6. The zero-order valence-electron chi connectivity index (χ0n) is 21.2. The van der Waals surface area contributed by atoms with Gasteiger partial charge in [-0.25, -0.2) is 13.4 Å². The number of nitrogens with zero attached hydrogens (tertiary/aromatic N) is 4. The third-order valence-corrected chi connectivity index (χ3v) is 8.03. The van der Waals surface area contributed by atoms with E-state index >= 15 is 0 Å². The average molecular weight is 519 g/mol. The molecule has 3 heterocycles. The first kappa shape index (κ1) is 26.3. The molecule has 36 heavy (non-hydrogen) atoms. The van der Waals surface area contributed by atoms with Gasteiger partial charge in [-0.1, -0.05) is 13.3 Å². The van der Waals surface area contributed by atoms with E-state index in [-0.39, 0.29) is 22.3 Å². The number of ether oxygens (including phenoxy) is 2. The van der Waals surface area contributed by atoms with Crippen molar-refractivity contribution in [3.8, 4) is 17.1 Å². The van der Waals surface area contributed by atoms with Crippen LogP contribution in [0.25, 0.3) is 22.4 Å². The van der Waals surface area contributed by atoms with Crippen molar-refractivity contribution >= 4 is 21.1 Å². The maximum atomic E-state index is 13.3. The Bertz CT molecular complexity index is 1380. The second-order valence-electron chi connectivity index (χ2n) is 8.84. The van der Waals surface area contributed by atoms with Gasteiger partial charge in [-0.05, 0) is 44.5 Å². The van der Waals surface area contributed by atoms with Crippen molar-refractivity contribution in [3.63, 3.8) is 0 Å². The normalized spacial score (nSPS) is 14.9. The lowest BCUT2D eigenvalue weighted by Crippen LogP contribution is -2.59. The van der Waals surface area contributed by atoms with Crippen LogP contribution >= 0.6 is 0 Å². The molecule has 1 fully saturated rings. The highest BCUT2D eigenvalue weighted by molar-refractivity contribution is 7.89. The Morgan fingerprint density at radius 1 is 1.25 bits per heavy atom. The molecule has 0 amide bonds. The minimum absolute atomic E-state index is 0.113. The van der Waals surface area contributed by atoms with Gasteiger partial charge in [-0.15, -0.1) is 0 Å². The number of aromatic nitrogens is 4. The lowest BCUT2D eigenvalue weighted by atomic mass is 10.1. The highest BCUT2D eigenvalue weighted by Crippen LogP contribution is 2.33. The molecule has 1 aromatic carbocycles. The quantitative estimate of drug-likeness (QED) is 0.346. The summed E-state index contributed by atoms with van der Waals surface area (Å²) in [6, 6.07) is 4.79. The molecular formula is C24H34N6O5S. The van der Waals surface area contributed by atoms with Crippen LogP contribution in [0.4, 0.5) is 0 Å². The maximum absolute atomic E-state index is 13.3. The van der Waals surface area contributed by atoms with Gasteiger partial charge in [0.15, 0.2) is 5.52 Å². The van der Waals surface area contributed by atoms with Crippen LogP contribution in [-0.2, 0) is 28.2 Å². The van der Waals surface area contributed by atoms with Crippen LogP contribution in [0.15, 0.2) is 27.9 Å². The highest BCUT2D eigenvalue weighted by atomic mass is 32.2. The Morgan fingerprint density at radius 3 is 2.72 bits per heavy atom. The van der Waals surface area contributed by atoms with Crippen LogP contribution in [0, 0.1) is 0 Å². The van der Waals surface area contributed by atoms with E-state index in [4.69, 9.17) is 14.5 Å². The topological polar surface area (TPSA) is 131 Å². The molecule has 12 heteroatoms. The van der Waals surface area contributed by atoms with Crippen LogP contribution in [0.5, 0.6) is 5.75 Å². The second kappa shape index (κ2) is 11.1. The van der Waals surface area contributed by atoms with Crippen molar-refractivity contribution < 1.29 is 17.9 Å². The lowest BCUT2D eigenvalue weighted by Gasteiger charge is -2.38. The third-order valence-electron chi connectivity index (χ3n) is 6.20. The summed E-state index contributed by atoms with van der Waals surface area (Å²) in [7, 11) is -0.350. The number of sulfonamides is 1. The van der Waals surface area contributed by atoms with Crippen molar-refractivity contribution in [2.45, 2.75) is 44.0 Å². The molecule has 2 aromatic heterocycles. The van der Waals surface area contributed by atoms with E-state index in [1.165, 1.54) is 21.1 Å². The van der Waals surface area contributed by atoms with Gasteiger partial charge < -0.3 is 19.8 Å². The first-order chi connectivity index (χ1) is 17.3. The van der Waals surface area contributed by atoms with Crippen LogP contribution < -0.4 is 15.6 Å². The standard InChI is InChI=1S/C24H34N6O5S/c1-5-8-19-21-22(29(3)28-19)24(31)27-23(26-21)18-13-17(9-10-20(18)35-6-2)36(32,33)30-14-16(15-30)25-11-7-12-34-4/h9-10,13,16,25H,5-8,11-12,14-15H2,1-4H3,(H,26,27,31). The fourth-order valence-corrected chi connectivity index (χ4v) is 5.91. The minimum atomic E-state index is -3.72. The maximum Gasteiger partial charge on any atom is 0.277 e. The van der Waals surface area contributed by atoms with Gasteiger partial charge in [-0.2, -0.15) is 9.40 Å². The molecule has 0 atom stereocenters. The summed E-state index contributed by atoms with van der Waals surface area (Å²) in [6.45, 7) is 6.48. The molecule has 2 N–H and O–H groups in total. The Labute approximate surface area is 210 Å². The van der Waals surface area contributed by atoms with Crippen LogP contribution in [0.3, 0.4) is 0 Å². The molecule has 11 nitrogen and oxygen atoms in total. The number of nitrogens with one attached hydrogen (secondary N) is 2. The summed E-state index contributed by atoms with van der Waals surface area (Å²) in [5, 5.41) is 7.81. The molecule has 3 aromatic rings. The van der Waals surface area contributed by atoms with E-state index in [0.29, 0.717) is 55.1 Å². The highest BCUT2D eigenvalue weighted by Gasteiger charge is 2.36. The fourth-order valence-electron chi connectivity index (χ4n) is 4.35. The average Bonchev–Trinajstić information content (AvgIpc) is 3.13. The van der Waals surface area contributed by atoms with Gasteiger partial charge in [0.25, 0.3) is 5.56 Å². The number of rotatable bonds is 12. The molecule has 1 aliphatic rings. The molecule has 196 valence electrons. The molecule has 0 bridgehead atoms. The van der Waals surface area contributed by atoms with Gasteiger partial charge in [-0.3, -0.25) is 9.48 Å². The van der Waals surface area contributed by atoms with E-state index in [1.807, 2.05) is 13.8 Å². The van der Waals surface area contributed by atoms with Gasteiger partial charge in [0.1, 0.15) is 17.1 Å². The zero-order valence-corrected chi connectivity index (χ0v) is 22.0. The number of benzene rings is 1. The number of fused-ring (bicyclic) bond motifs is 1. The van der Waals surface area contributed by atoms with Crippen LogP contribution in [-0.4, -0.2) is 78.5 Å². The molecule has 0 radical (unpaired) electrons. The summed E-state index contributed by atoms with van der Waals surface area (Å²) in [5.41, 5.74) is 1.70. The van der Waals surface area contributed by atoms with E-state index in [1.54, 1.807) is 20.2 Å². The van der Waals surface area contributed by atoms with Crippen LogP contribution in [0.1, 0.15) is 32.4 Å².